The van der Waals surface area contributed by atoms with Crippen LogP contribution < -0.4 is 14.8 Å². The van der Waals surface area contributed by atoms with Crippen LogP contribution in [0.5, 0.6) is 11.5 Å². The molecule has 4 nitrogen and oxygen atoms in total. The number of ether oxygens (including phenoxy) is 2. The lowest BCUT2D eigenvalue weighted by molar-refractivity contribution is 0.297. The van der Waals surface area contributed by atoms with Crippen LogP contribution in [0.1, 0.15) is 30.6 Å². The lowest BCUT2D eigenvalue weighted by Crippen LogP contribution is -2.19. The number of hydrogen-bond donors (Lipinski definition) is 1. The third-order valence-electron chi connectivity index (χ3n) is 3.61. The monoisotopic (exact) mass is 318 g/mol. The second-order valence-corrected chi connectivity index (χ2v) is 5.72. The van der Waals surface area contributed by atoms with Gasteiger partial charge in [0.1, 0.15) is 0 Å². The molecule has 116 valence electrons. The summed E-state index contributed by atoms with van der Waals surface area (Å²) in [4.78, 5) is 4.36. The Labute approximate surface area is 135 Å². The molecule has 2 heterocycles. The van der Waals surface area contributed by atoms with Crippen LogP contribution >= 0.6 is 11.6 Å². The summed E-state index contributed by atoms with van der Waals surface area (Å²) in [6.07, 6.45) is 2.67. The van der Waals surface area contributed by atoms with Gasteiger partial charge in [-0.05, 0) is 36.8 Å². The van der Waals surface area contributed by atoms with E-state index in [1.54, 1.807) is 6.20 Å². The van der Waals surface area contributed by atoms with Crippen molar-refractivity contribution in [1.29, 1.82) is 0 Å². The molecule has 22 heavy (non-hydrogen) atoms. The maximum Gasteiger partial charge on any atom is 0.179 e. The Morgan fingerprint density at radius 1 is 1.27 bits per heavy atom. The molecule has 0 radical (unpaired) electrons. The Balaban J connectivity index is 1.70. The molecule has 3 rings (SSSR count). The largest absolute Gasteiger partial charge is 0.489 e. The van der Waals surface area contributed by atoms with E-state index in [9.17, 15) is 0 Å². The number of nitrogens with one attached hydrogen (secondary N) is 1. The smallest absolute Gasteiger partial charge is 0.179 e. The molecule has 0 amide bonds. The summed E-state index contributed by atoms with van der Waals surface area (Å²) < 4.78 is 11.4. The molecule has 0 aliphatic carbocycles. The fourth-order valence-electron chi connectivity index (χ4n) is 2.39. The average molecular weight is 319 g/mol. The number of nitrogens with zero attached hydrogens (tertiary/aromatic N) is 1. The number of fused-ring (bicyclic) bond motifs is 1. The standard InChI is InChI=1S/C17H19ClN2O2/c1-12(15-5-2-3-6-19-15)20-11-13-9-14(18)17-16(10-13)21-7-4-8-22-17/h2-3,5-6,9-10,12,20H,4,7-8,11H2,1H3/t12-/m1/s1. The van der Waals surface area contributed by atoms with Gasteiger partial charge in [-0.3, -0.25) is 4.98 Å². The molecule has 0 saturated heterocycles. The summed E-state index contributed by atoms with van der Waals surface area (Å²) >= 11 is 6.31. The molecular weight excluding hydrogens is 300 g/mol. The van der Waals surface area contributed by atoms with Gasteiger partial charge in [0, 0.05) is 25.2 Å². The highest BCUT2D eigenvalue weighted by atomic mass is 35.5. The van der Waals surface area contributed by atoms with Gasteiger partial charge in [-0.1, -0.05) is 17.7 Å². The molecule has 0 unspecified atom stereocenters. The van der Waals surface area contributed by atoms with Crippen LogP contribution in [-0.2, 0) is 6.54 Å². The molecule has 1 atom stereocenters. The van der Waals surface area contributed by atoms with E-state index in [4.69, 9.17) is 21.1 Å². The van der Waals surface area contributed by atoms with Crippen molar-refractivity contribution in [3.05, 3.63) is 52.8 Å². The molecule has 1 N–H and O–H groups in total. The molecule has 0 bridgehead atoms. The summed E-state index contributed by atoms with van der Waals surface area (Å²) in [7, 11) is 0. The molecule has 5 heteroatoms. The fourth-order valence-corrected chi connectivity index (χ4v) is 2.68. The third-order valence-corrected chi connectivity index (χ3v) is 3.89. The first-order chi connectivity index (χ1) is 10.7. The molecule has 2 aromatic rings. The highest BCUT2D eigenvalue weighted by Gasteiger charge is 2.16. The van der Waals surface area contributed by atoms with Crippen molar-refractivity contribution in [1.82, 2.24) is 10.3 Å². The number of hydrogen-bond acceptors (Lipinski definition) is 4. The Morgan fingerprint density at radius 3 is 2.95 bits per heavy atom. The Kier molecular flexibility index (Phi) is 4.80. The van der Waals surface area contributed by atoms with Gasteiger partial charge in [0.25, 0.3) is 0 Å². The molecule has 1 aromatic heterocycles. The summed E-state index contributed by atoms with van der Waals surface area (Å²) in [6, 6.07) is 10.00. The SMILES string of the molecule is C[C@@H](NCc1cc(Cl)c2c(c1)OCCCO2)c1ccccn1. The fraction of sp³-hybridized carbons (Fsp3) is 0.353. The van der Waals surface area contributed by atoms with E-state index < -0.39 is 0 Å². The van der Waals surface area contributed by atoms with Crippen molar-refractivity contribution in [2.75, 3.05) is 13.2 Å². The van der Waals surface area contributed by atoms with E-state index >= 15 is 0 Å². The van der Waals surface area contributed by atoms with E-state index in [0.717, 1.165) is 23.4 Å². The van der Waals surface area contributed by atoms with Gasteiger partial charge in [0.15, 0.2) is 11.5 Å². The first-order valence-corrected chi connectivity index (χ1v) is 7.84. The zero-order valence-corrected chi connectivity index (χ0v) is 13.3. The van der Waals surface area contributed by atoms with Crippen molar-refractivity contribution >= 4 is 11.6 Å². The molecule has 0 saturated carbocycles. The number of halogens is 1. The van der Waals surface area contributed by atoms with Gasteiger partial charge in [0.05, 0.1) is 23.9 Å². The van der Waals surface area contributed by atoms with Gasteiger partial charge >= 0.3 is 0 Å². The minimum atomic E-state index is 0.163. The van der Waals surface area contributed by atoms with Crippen LogP contribution in [0.4, 0.5) is 0 Å². The Bertz CT molecular complexity index is 634. The van der Waals surface area contributed by atoms with Crippen LogP contribution in [0, 0.1) is 0 Å². The Morgan fingerprint density at radius 2 is 2.14 bits per heavy atom. The lowest BCUT2D eigenvalue weighted by atomic mass is 10.1. The first kappa shape index (κ1) is 15.1. The normalized spacial score (nSPS) is 15.2. The minimum Gasteiger partial charge on any atom is -0.489 e. The van der Waals surface area contributed by atoms with Crippen molar-refractivity contribution in [3.8, 4) is 11.5 Å². The average Bonchev–Trinajstić information content (AvgIpc) is 2.79. The molecule has 0 fully saturated rings. The van der Waals surface area contributed by atoms with Crippen molar-refractivity contribution in [3.63, 3.8) is 0 Å². The maximum atomic E-state index is 6.31. The number of rotatable bonds is 4. The lowest BCUT2D eigenvalue weighted by Gasteiger charge is -2.15. The highest BCUT2D eigenvalue weighted by Crippen LogP contribution is 2.38. The van der Waals surface area contributed by atoms with Crippen LogP contribution in [0.15, 0.2) is 36.5 Å². The van der Waals surface area contributed by atoms with Crippen molar-refractivity contribution < 1.29 is 9.47 Å². The van der Waals surface area contributed by atoms with Gasteiger partial charge in [-0.25, -0.2) is 0 Å². The molecular formula is C17H19ClN2O2. The van der Waals surface area contributed by atoms with Gasteiger partial charge in [-0.2, -0.15) is 0 Å². The summed E-state index contributed by atoms with van der Waals surface area (Å²) in [5, 5.41) is 4.05. The zero-order chi connectivity index (χ0) is 15.4. The van der Waals surface area contributed by atoms with E-state index in [1.165, 1.54) is 0 Å². The van der Waals surface area contributed by atoms with E-state index in [1.807, 2.05) is 30.3 Å². The quantitative estimate of drug-likeness (QED) is 0.932. The Hall–Kier alpha value is -1.78. The number of benzene rings is 1. The predicted molar refractivity (Wildman–Crippen MR) is 86.6 cm³/mol. The van der Waals surface area contributed by atoms with Crippen LogP contribution in [-0.4, -0.2) is 18.2 Å². The van der Waals surface area contributed by atoms with Gasteiger partial charge < -0.3 is 14.8 Å². The van der Waals surface area contributed by atoms with Crippen molar-refractivity contribution in [2.45, 2.75) is 25.9 Å². The predicted octanol–water partition coefficient (Wildman–Crippen LogP) is 3.75. The van der Waals surface area contributed by atoms with E-state index in [2.05, 4.69) is 17.2 Å². The second-order valence-electron chi connectivity index (χ2n) is 5.31. The first-order valence-electron chi connectivity index (χ1n) is 7.46. The summed E-state index contributed by atoms with van der Waals surface area (Å²) in [5.74, 6) is 1.38. The second kappa shape index (κ2) is 6.99. The van der Waals surface area contributed by atoms with Crippen LogP contribution in [0.2, 0.25) is 5.02 Å². The summed E-state index contributed by atoms with van der Waals surface area (Å²) in [5.41, 5.74) is 2.08. The number of aromatic nitrogens is 1. The van der Waals surface area contributed by atoms with E-state index in [-0.39, 0.29) is 6.04 Å². The van der Waals surface area contributed by atoms with Gasteiger partial charge in [-0.15, -0.1) is 0 Å². The highest BCUT2D eigenvalue weighted by molar-refractivity contribution is 6.32. The molecule has 1 aromatic carbocycles. The van der Waals surface area contributed by atoms with Crippen molar-refractivity contribution in [2.24, 2.45) is 0 Å². The summed E-state index contributed by atoms with van der Waals surface area (Å²) in [6.45, 7) is 4.08. The maximum absolute atomic E-state index is 6.31. The van der Waals surface area contributed by atoms with Crippen LogP contribution in [0.25, 0.3) is 0 Å². The van der Waals surface area contributed by atoms with E-state index in [0.29, 0.717) is 30.5 Å². The minimum absolute atomic E-state index is 0.163. The molecule has 1 aliphatic heterocycles. The topological polar surface area (TPSA) is 43.4 Å². The van der Waals surface area contributed by atoms with Gasteiger partial charge in [0.2, 0.25) is 0 Å². The number of pyridine rings is 1. The zero-order valence-electron chi connectivity index (χ0n) is 12.5. The van der Waals surface area contributed by atoms with Crippen LogP contribution in [0.3, 0.4) is 0 Å². The molecule has 0 spiro atoms. The third kappa shape index (κ3) is 3.51. The molecule has 1 aliphatic rings.